The maximum atomic E-state index is 10.1. The Morgan fingerprint density at radius 1 is 1.04 bits per heavy atom. The Hall–Kier alpha value is -1.68. The van der Waals surface area contributed by atoms with Crippen LogP contribution in [0.1, 0.15) is 10.4 Å². The van der Waals surface area contributed by atoms with Crippen LogP contribution in [0.4, 0.5) is 0 Å². The molecule has 3 rings (SSSR count). The summed E-state index contributed by atoms with van der Waals surface area (Å²) in [4.78, 5) is 0.923. The summed E-state index contributed by atoms with van der Waals surface area (Å²) in [7, 11) is 1.61. The number of rotatable bonds is 6. The van der Waals surface area contributed by atoms with Gasteiger partial charge in [-0.05, 0) is 29.1 Å². The number of hydrogen-bond acceptors (Lipinski definition) is 8. The van der Waals surface area contributed by atoms with Gasteiger partial charge in [0, 0.05) is 6.42 Å². The van der Waals surface area contributed by atoms with E-state index in [9.17, 15) is 20.4 Å². The quantitative estimate of drug-likeness (QED) is 0.577. The van der Waals surface area contributed by atoms with E-state index in [4.69, 9.17) is 14.2 Å². The predicted octanol–water partition coefficient (Wildman–Crippen LogP) is 0.526. The Balaban J connectivity index is 1.71. The van der Waals surface area contributed by atoms with Gasteiger partial charge in [-0.1, -0.05) is 12.1 Å². The molecule has 8 heteroatoms. The molecule has 2 unspecified atom stereocenters. The summed E-state index contributed by atoms with van der Waals surface area (Å²) < 4.78 is 16.3. The molecule has 0 radical (unpaired) electrons. The molecule has 1 aliphatic rings. The number of methoxy groups -OCH3 is 1. The smallest absolute Gasteiger partial charge is 0.229 e. The zero-order valence-corrected chi connectivity index (χ0v) is 15.0. The van der Waals surface area contributed by atoms with Crippen molar-refractivity contribution >= 4 is 11.3 Å². The fourth-order valence-corrected chi connectivity index (χ4v) is 3.62. The topological polar surface area (TPSA) is 109 Å². The van der Waals surface area contributed by atoms with Gasteiger partial charge in [-0.15, -0.1) is 11.3 Å². The van der Waals surface area contributed by atoms with E-state index in [0.717, 1.165) is 16.2 Å². The van der Waals surface area contributed by atoms with Crippen LogP contribution >= 0.6 is 11.3 Å². The van der Waals surface area contributed by atoms with E-state index < -0.39 is 37.3 Å². The van der Waals surface area contributed by atoms with Crippen LogP contribution in [0.25, 0.3) is 0 Å². The van der Waals surface area contributed by atoms with Gasteiger partial charge in [0.25, 0.3) is 0 Å². The van der Waals surface area contributed by atoms with Gasteiger partial charge in [0.15, 0.2) is 0 Å². The van der Waals surface area contributed by atoms with Gasteiger partial charge in [0.1, 0.15) is 35.9 Å². The van der Waals surface area contributed by atoms with Crippen LogP contribution in [0.5, 0.6) is 11.5 Å². The monoisotopic (exact) mass is 382 g/mol. The first kappa shape index (κ1) is 19.1. The molecule has 1 aromatic carbocycles. The van der Waals surface area contributed by atoms with Crippen molar-refractivity contribution in [2.45, 2.75) is 37.1 Å². The first-order chi connectivity index (χ1) is 12.5. The second kappa shape index (κ2) is 8.34. The summed E-state index contributed by atoms with van der Waals surface area (Å²) in [5, 5.41) is 40.9. The van der Waals surface area contributed by atoms with E-state index in [1.807, 2.05) is 29.6 Å². The number of aliphatic hydroxyl groups is 4. The maximum Gasteiger partial charge on any atom is 0.229 e. The van der Waals surface area contributed by atoms with Gasteiger partial charge in [0.05, 0.1) is 18.6 Å². The van der Waals surface area contributed by atoms with Gasteiger partial charge in [0.2, 0.25) is 6.29 Å². The molecule has 0 bridgehead atoms. The lowest BCUT2D eigenvalue weighted by atomic mass is 9.99. The molecule has 0 saturated carbocycles. The van der Waals surface area contributed by atoms with Crippen LogP contribution in [0.2, 0.25) is 0 Å². The fourth-order valence-electron chi connectivity index (χ4n) is 2.78. The molecule has 5 atom stereocenters. The van der Waals surface area contributed by atoms with Crippen LogP contribution in [0.3, 0.4) is 0 Å². The molecule has 0 aliphatic carbocycles. The Kier molecular flexibility index (Phi) is 6.13. The number of ether oxygens (including phenoxy) is 3. The average Bonchev–Trinajstić information content (AvgIpc) is 3.09. The third kappa shape index (κ3) is 4.01. The second-order valence-corrected chi connectivity index (χ2v) is 7.05. The van der Waals surface area contributed by atoms with Crippen LogP contribution in [0, 0.1) is 0 Å². The van der Waals surface area contributed by atoms with E-state index in [1.54, 1.807) is 13.2 Å². The van der Waals surface area contributed by atoms with E-state index >= 15 is 0 Å². The second-order valence-electron chi connectivity index (χ2n) is 6.05. The van der Waals surface area contributed by atoms with Crippen molar-refractivity contribution in [1.29, 1.82) is 0 Å². The highest BCUT2D eigenvalue weighted by atomic mass is 32.1. The number of hydrogen-bond donors (Lipinski definition) is 4. The van der Waals surface area contributed by atoms with Gasteiger partial charge in [-0.3, -0.25) is 0 Å². The minimum absolute atomic E-state index is 0.493. The highest BCUT2D eigenvalue weighted by Gasteiger charge is 2.44. The van der Waals surface area contributed by atoms with Crippen molar-refractivity contribution in [3.05, 3.63) is 46.2 Å². The normalized spacial score (nSPS) is 28.7. The molecule has 1 fully saturated rings. The lowest BCUT2D eigenvalue weighted by molar-refractivity contribution is -0.277. The maximum absolute atomic E-state index is 10.1. The molecular formula is C18H22O7S. The van der Waals surface area contributed by atoms with Crippen molar-refractivity contribution in [2.24, 2.45) is 0 Å². The molecule has 2 heterocycles. The molecule has 7 nitrogen and oxygen atoms in total. The third-order valence-electron chi connectivity index (χ3n) is 4.32. The molecule has 1 saturated heterocycles. The van der Waals surface area contributed by atoms with Crippen molar-refractivity contribution in [2.75, 3.05) is 13.7 Å². The lowest BCUT2D eigenvalue weighted by Crippen LogP contribution is -2.60. The minimum Gasteiger partial charge on any atom is -0.497 e. The summed E-state index contributed by atoms with van der Waals surface area (Å²) in [5.41, 5.74) is 1.06. The van der Waals surface area contributed by atoms with Crippen LogP contribution in [-0.2, 0) is 11.2 Å². The molecule has 26 heavy (non-hydrogen) atoms. The summed E-state index contributed by atoms with van der Waals surface area (Å²) in [6, 6.07) is 9.42. The molecule has 1 aromatic heterocycles. The summed E-state index contributed by atoms with van der Waals surface area (Å²) in [6.45, 7) is -0.493. The van der Waals surface area contributed by atoms with Gasteiger partial charge < -0.3 is 34.6 Å². The van der Waals surface area contributed by atoms with Crippen LogP contribution in [0.15, 0.2) is 35.7 Å². The SMILES string of the molecule is COc1ccc(Cc2sccc2O[C@@H]2OC(CO)[C@@H](O)[C@@H](O)C2O)cc1. The molecule has 1 aliphatic heterocycles. The number of benzene rings is 1. The highest BCUT2D eigenvalue weighted by molar-refractivity contribution is 7.10. The third-order valence-corrected chi connectivity index (χ3v) is 5.22. The zero-order valence-electron chi connectivity index (χ0n) is 14.2. The standard InChI is InChI=1S/C18H22O7S/c1-23-11-4-2-10(3-5-11)8-14-12(6-7-26-14)24-18-17(22)16(21)15(20)13(9-19)25-18/h2-7,13,15-22H,8-9H2,1H3/t13?,15-,16-,17?,18-/m1/s1. The molecule has 4 N–H and O–H groups in total. The summed E-state index contributed by atoms with van der Waals surface area (Å²) in [6.07, 6.45) is -5.86. The minimum atomic E-state index is -1.46. The Morgan fingerprint density at radius 3 is 2.42 bits per heavy atom. The summed E-state index contributed by atoms with van der Waals surface area (Å²) in [5.74, 6) is 1.30. The predicted molar refractivity (Wildman–Crippen MR) is 94.5 cm³/mol. The van der Waals surface area contributed by atoms with Crippen LogP contribution in [-0.4, -0.2) is 64.8 Å². The molecule has 0 amide bonds. The first-order valence-electron chi connectivity index (χ1n) is 8.20. The van der Waals surface area contributed by atoms with Crippen molar-refractivity contribution in [1.82, 2.24) is 0 Å². The van der Waals surface area contributed by atoms with Gasteiger partial charge in [-0.25, -0.2) is 0 Å². The molecule has 0 spiro atoms. The first-order valence-corrected chi connectivity index (χ1v) is 9.08. The number of aliphatic hydroxyl groups excluding tert-OH is 4. The Labute approximate surface area is 155 Å². The van der Waals surface area contributed by atoms with Gasteiger partial charge in [-0.2, -0.15) is 0 Å². The summed E-state index contributed by atoms with van der Waals surface area (Å²) >= 11 is 1.50. The van der Waals surface area contributed by atoms with E-state index in [0.29, 0.717) is 12.2 Å². The Bertz CT molecular complexity index is 700. The van der Waals surface area contributed by atoms with E-state index in [1.165, 1.54) is 11.3 Å². The van der Waals surface area contributed by atoms with Crippen molar-refractivity contribution in [3.63, 3.8) is 0 Å². The fraction of sp³-hybridized carbons (Fsp3) is 0.444. The van der Waals surface area contributed by atoms with E-state index in [-0.39, 0.29) is 0 Å². The zero-order chi connectivity index (χ0) is 18.7. The molecule has 2 aromatic rings. The molecule has 142 valence electrons. The van der Waals surface area contributed by atoms with Gasteiger partial charge >= 0.3 is 0 Å². The van der Waals surface area contributed by atoms with E-state index in [2.05, 4.69) is 0 Å². The Morgan fingerprint density at radius 2 is 1.77 bits per heavy atom. The highest BCUT2D eigenvalue weighted by Crippen LogP contribution is 2.31. The largest absolute Gasteiger partial charge is 0.497 e. The van der Waals surface area contributed by atoms with Crippen LogP contribution < -0.4 is 9.47 Å². The van der Waals surface area contributed by atoms with Crippen molar-refractivity contribution < 1.29 is 34.6 Å². The number of thiophene rings is 1. The lowest BCUT2D eigenvalue weighted by Gasteiger charge is -2.39. The average molecular weight is 382 g/mol. The molecular weight excluding hydrogens is 360 g/mol. The van der Waals surface area contributed by atoms with Crippen molar-refractivity contribution in [3.8, 4) is 11.5 Å².